The van der Waals surface area contributed by atoms with Gasteiger partial charge in [0.25, 0.3) is 0 Å². The first-order valence-corrected chi connectivity index (χ1v) is 9.95. The maximum absolute atomic E-state index is 10.6. The monoisotopic (exact) mass is 350 g/mol. The van der Waals surface area contributed by atoms with Crippen molar-refractivity contribution in [2.45, 2.75) is 83.3 Å². The van der Waals surface area contributed by atoms with Gasteiger partial charge in [-0.05, 0) is 50.4 Å². The van der Waals surface area contributed by atoms with Gasteiger partial charge in [0.1, 0.15) is 0 Å². The van der Waals surface area contributed by atoms with E-state index in [-0.39, 0.29) is 18.4 Å². The van der Waals surface area contributed by atoms with Crippen molar-refractivity contribution >= 4 is 5.97 Å². The highest BCUT2D eigenvalue weighted by atomic mass is 16.4. The first-order valence-electron chi connectivity index (χ1n) is 9.95. The molecule has 2 aliphatic rings. The fourth-order valence-corrected chi connectivity index (χ4v) is 4.46. The highest BCUT2D eigenvalue weighted by molar-refractivity contribution is 5.66. The zero-order valence-corrected chi connectivity index (χ0v) is 15.4. The number of rotatable bonds is 10. The Morgan fingerprint density at radius 2 is 2.08 bits per heavy atom. The van der Waals surface area contributed by atoms with E-state index >= 15 is 0 Å². The van der Waals surface area contributed by atoms with Crippen LogP contribution in [-0.2, 0) is 4.79 Å². The van der Waals surface area contributed by atoms with Gasteiger partial charge in [0.15, 0.2) is 0 Å². The van der Waals surface area contributed by atoms with Crippen molar-refractivity contribution in [1.82, 2.24) is 0 Å². The van der Waals surface area contributed by atoms with Crippen LogP contribution in [0.4, 0.5) is 0 Å². The molecule has 2 fully saturated rings. The van der Waals surface area contributed by atoms with E-state index in [2.05, 4.69) is 19.1 Å². The molecule has 0 aliphatic heterocycles. The lowest BCUT2D eigenvalue weighted by Gasteiger charge is -2.17. The summed E-state index contributed by atoms with van der Waals surface area (Å²) in [6, 6.07) is 0. The lowest BCUT2D eigenvalue weighted by Crippen LogP contribution is -2.17. The van der Waals surface area contributed by atoms with Gasteiger partial charge in [-0.3, -0.25) is 4.79 Å². The average molecular weight is 350 g/mol. The summed E-state index contributed by atoms with van der Waals surface area (Å²) in [6.07, 6.45) is 14.3. The number of hydrogen-bond donors (Lipinski definition) is 3. The summed E-state index contributed by atoms with van der Waals surface area (Å²) in [6.45, 7) is 2.16. The molecule has 2 saturated carbocycles. The summed E-state index contributed by atoms with van der Waals surface area (Å²) in [5.41, 5.74) is 1.43. The number of aliphatic hydroxyl groups is 2. The molecule has 3 N–H and O–H groups in total. The SMILES string of the molecule is CCCCC[C@H](O)C=C[C@H]1[C@H]2CC(=CCCCC(=O)O)C[C@H]2C[C@H]1O. The Balaban J connectivity index is 1.83. The van der Waals surface area contributed by atoms with Gasteiger partial charge >= 0.3 is 5.97 Å². The minimum atomic E-state index is -0.729. The van der Waals surface area contributed by atoms with Gasteiger partial charge < -0.3 is 15.3 Å². The van der Waals surface area contributed by atoms with Crippen LogP contribution in [-0.4, -0.2) is 33.5 Å². The molecule has 0 aromatic rings. The van der Waals surface area contributed by atoms with Crippen LogP contribution in [0.25, 0.3) is 0 Å². The lowest BCUT2D eigenvalue weighted by atomic mass is 9.90. The van der Waals surface area contributed by atoms with Gasteiger partial charge in [-0.2, -0.15) is 0 Å². The zero-order valence-electron chi connectivity index (χ0n) is 15.4. The molecule has 0 amide bonds. The highest BCUT2D eigenvalue weighted by Gasteiger charge is 2.44. The minimum absolute atomic E-state index is 0.149. The molecule has 0 aromatic heterocycles. The molecule has 142 valence electrons. The maximum Gasteiger partial charge on any atom is 0.303 e. The molecule has 4 heteroatoms. The van der Waals surface area contributed by atoms with Crippen molar-refractivity contribution in [3.05, 3.63) is 23.8 Å². The summed E-state index contributed by atoms with van der Waals surface area (Å²) in [7, 11) is 0. The third kappa shape index (κ3) is 6.27. The van der Waals surface area contributed by atoms with E-state index in [4.69, 9.17) is 5.11 Å². The van der Waals surface area contributed by atoms with Crippen molar-refractivity contribution in [2.24, 2.45) is 17.8 Å². The normalized spacial score (nSPS) is 31.7. The van der Waals surface area contributed by atoms with Gasteiger partial charge in [-0.1, -0.05) is 50.0 Å². The third-order valence-electron chi connectivity index (χ3n) is 5.80. The van der Waals surface area contributed by atoms with Crippen molar-refractivity contribution in [3.63, 3.8) is 0 Å². The van der Waals surface area contributed by atoms with E-state index in [1.165, 1.54) is 5.57 Å². The van der Waals surface area contributed by atoms with Crippen LogP contribution in [0.1, 0.15) is 71.1 Å². The summed E-state index contributed by atoms with van der Waals surface area (Å²) in [5, 5.41) is 29.1. The summed E-state index contributed by atoms with van der Waals surface area (Å²) in [5.74, 6) is 0.427. The maximum atomic E-state index is 10.6. The first kappa shape index (κ1) is 20.2. The Morgan fingerprint density at radius 3 is 2.80 bits per heavy atom. The van der Waals surface area contributed by atoms with Crippen molar-refractivity contribution in [2.75, 3.05) is 0 Å². The number of fused-ring (bicyclic) bond motifs is 1. The second-order valence-electron chi connectivity index (χ2n) is 7.81. The molecule has 2 rings (SSSR count). The predicted octanol–water partition coefficient (Wildman–Crippen LogP) is 4.07. The van der Waals surface area contributed by atoms with E-state index in [1.54, 1.807) is 0 Å². The molecule has 0 unspecified atom stereocenters. The number of unbranched alkanes of at least 4 members (excludes halogenated alkanes) is 3. The number of aliphatic hydroxyl groups excluding tert-OH is 2. The Kier molecular flexibility index (Phi) is 8.17. The molecular formula is C21H34O4. The Hall–Kier alpha value is -1.13. The standard InChI is InChI=1S/C21H34O4/c1-2-3-4-8-17(22)10-11-18-19-13-15(7-5-6-9-21(24)25)12-16(19)14-20(18)23/h7,10-11,16-20,22-23H,2-6,8-9,12-14H2,1H3,(H,24,25)/t16-,17-,18-,19-,20+/m0/s1. The fourth-order valence-electron chi connectivity index (χ4n) is 4.46. The average Bonchev–Trinajstić information content (AvgIpc) is 3.06. The van der Waals surface area contributed by atoms with Gasteiger partial charge in [-0.15, -0.1) is 0 Å². The lowest BCUT2D eigenvalue weighted by molar-refractivity contribution is -0.137. The van der Waals surface area contributed by atoms with Crippen LogP contribution in [0, 0.1) is 17.8 Å². The Bertz CT molecular complexity index is 482. The second-order valence-corrected chi connectivity index (χ2v) is 7.81. The molecule has 0 saturated heterocycles. The van der Waals surface area contributed by atoms with Gasteiger partial charge in [0, 0.05) is 12.3 Å². The molecule has 0 bridgehead atoms. The van der Waals surface area contributed by atoms with E-state index in [1.807, 2.05) is 6.08 Å². The van der Waals surface area contributed by atoms with E-state index in [0.717, 1.165) is 51.4 Å². The van der Waals surface area contributed by atoms with E-state index in [0.29, 0.717) is 18.3 Å². The highest BCUT2D eigenvalue weighted by Crippen LogP contribution is 2.50. The van der Waals surface area contributed by atoms with Gasteiger partial charge in [-0.25, -0.2) is 0 Å². The largest absolute Gasteiger partial charge is 0.481 e. The first-order chi connectivity index (χ1) is 12.0. The molecule has 2 aliphatic carbocycles. The minimum Gasteiger partial charge on any atom is -0.481 e. The quantitative estimate of drug-likeness (QED) is 0.410. The molecule has 0 radical (unpaired) electrons. The van der Waals surface area contributed by atoms with Crippen LogP contribution in [0.15, 0.2) is 23.8 Å². The number of allylic oxidation sites excluding steroid dienone is 2. The molecule has 4 nitrogen and oxygen atoms in total. The third-order valence-corrected chi connectivity index (χ3v) is 5.80. The number of carboxylic acid groups (broad SMARTS) is 1. The second kappa shape index (κ2) is 10.1. The number of aliphatic carboxylic acids is 1. The van der Waals surface area contributed by atoms with Gasteiger partial charge in [0.2, 0.25) is 0 Å². The predicted molar refractivity (Wildman–Crippen MR) is 99.2 cm³/mol. The molecule has 25 heavy (non-hydrogen) atoms. The topological polar surface area (TPSA) is 77.8 Å². The molecule has 0 spiro atoms. The van der Waals surface area contributed by atoms with Crippen molar-refractivity contribution < 1.29 is 20.1 Å². The molecule has 0 aromatic carbocycles. The van der Waals surface area contributed by atoms with Crippen LogP contribution >= 0.6 is 0 Å². The van der Waals surface area contributed by atoms with Crippen LogP contribution in [0.5, 0.6) is 0 Å². The summed E-state index contributed by atoms with van der Waals surface area (Å²) >= 11 is 0. The van der Waals surface area contributed by atoms with E-state index < -0.39 is 12.1 Å². The smallest absolute Gasteiger partial charge is 0.303 e. The van der Waals surface area contributed by atoms with Crippen molar-refractivity contribution in [1.29, 1.82) is 0 Å². The fraction of sp³-hybridized carbons (Fsp3) is 0.762. The van der Waals surface area contributed by atoms with E-state index in [9.17, 15) is 15.0 Å². The molecular weight excluding hydrogens is 316 g/mol. The molecule has 0 heterocycles. The van der Waals surface area contributed by atoms with Crippen LogP contribution < -0.4 is 0 Å². The Morgan fingerprint density at radius 1 is 1.28 bits per heavy atom. The van der Waals surface area contributed by atoms with Gasteiger partial charge in [0.05, 0.1) is 12.2 Å². The van der Waals surface area contributed by atoms with Crippen molar-refractivity contribution in [3.8, 4) is 0 Å². The summed E-state index contributed by atoms with van der Waals surface area (Å²) in [4.78, 5) is 10.6. The summed E-state index contributed by atoms with van der Waals surface area (Å²) < 4.78 is 0. The number of hydrogen-bond acceptors (Lipinski definition) is 3. The molecule has 5 atom stereocenters. The number of carboxylic acids is 1. The Labute approximate surface area is 151 Å². The number of carbonyl (C=O) groups is 1. The zero-order chi connectivity index (χ0) is 18.2. The van der Waals surface area contributed by atoms with Crippen LogP contribution in [0.3, 0.4) is 0 Å². The van der Waals surface area contributed by atoms with Crippen LogP contribution in [0.2, 0.25) is 0 Å².